The van der Waals surface area contributed by atoms with Gasteiger partial charge in [-0.2, -0.15) is 0 Å². The highest BCUT2D eigenvalue weighted by atomic mass is 19.1. The Morgan fingerprint density at radius 1 is 1.24 bits per heavy atom. The predicted molar refractivity (Wildman–Crippen MR) is 58.7 cm³/mol. The molecule has 3 rings (SSSR count). The van der Waals surface area contributed by atoms with E-state index < -0.39 is 11.6 Å². The summed E-state index contributed by atoms with van der Waals surface area (Å²) in [6, 6.07) is 0.787. The summed E-state index contributed by atoms with van der Waals surface area (Å²) >= 11 is 0. The van der Waals surface area contributed by atoms with Gasteiger partial charge in [-0.25, -0.2) is 13.8 Å². The Kier molecular flexibility index (Phi) is 2.39. The number of rotatable bonds is 1. The predicted octanol–water partition coefficient (Wildman–Crippen LogP) is 1.31. The fourth-order valence-corrected chi connectivity index (χ4v) is 2.48. The van der Waals surface area contributed by atoms with E-state index in [9.17, 15) is 8.78 Å². The molecular formula is C11H13F2N3O. The molecule has 6 heteroatoms. The van der Waals surface area contributed by atoms with Gasteiger partial charge in [0.1, 0.15) is 0 Å². The molecule has 2 unspecified atom stereocenters. The van der Waals surface area contributed by atoms with Crippen molar-refractivity contribution >= 4 is 11.6 Å². The van der Waals surface area contributed by atoms with E-state index in [1.165, 1.54) is 0 Å². The van der Waals surface area contributed by atoms with Gasteiger partial charge in [0.05, 0.1) is 12.2 Å². The summed E-state index contributed by atoms with van der Waals surface area (Å²) in [5.74, 6) is -1.62. The molecule has 2 fully saturated rings. The van der Waals surface area contributed by atoms with Crippen LogP contribution in [0.3, 0.4) is 0 Å². The van der Waals surface area contributed by atoms with Crippen molar-refractivity contribution in [2.75, 3.05) is 23.7 Å². The van der Waals surface area contributed by atoms with E-state index in [4.69, 9.17) is 10.5 Å². The van der Waals surface area contributed by atoms with E-state index in [1.54, 1.807) is 4.90 Å². The summed E-state index contributed by atoms with van der Waals surface area (Å²) in [5.41, 5.74) is 5.37. The number of fused-ring (bicyclic) bond motifs is 2. The van der Waals surface area contributed by atoms with Crippen LogP contribution in [0.5, 0.6) is 0 Å². The minimum Gasteiger partial charge on any atom is -0.381 e. The van der Waals surface area contributed by atoms with Crippen LogP contribution >= 0.6 is 0 Å². The Labute approximate surface area is 97.4 Å². The molecule has 92 valence electrons. The van der Waals surface area contributed by atoms with Crippen LogP contribution in [0.25, 0.3) is 0 Å². The maximum Gasteiger partial charge on any atom is 0.168 e. The van der Waals surface area contributed by atoms with Crippen LogP contribution in [0.2, 0.25) is 0 Å². The van der Waals surface area contributed by atoms with Crippen molar-refractivity contribution in [1.29, 1.82) is 0 Å². The normalized spacial score (nSPS) is 27.5. The molecule has 0 spiro atoms. The SMILES string of the molecule is Nc1nc(N2CC3CCC(C2)O3)c(F)cc1F. The second-order valence-electron chi connectivity index (χ2n) is 4.52. The van der Waals surface area contributed by atoms with E-state index in [0.717, 1.165) is 18.9 Å². The van der Waals surface area contributed by atoms with Gasteiger partial charge in [0, 0.05) is 19.2 Å². The third-order valence-corrected chi connectivity index (χ3v) is 3.28. The fraction of sp³-hybridized carbons (Fsp3) is 0.545. The molecule has 0 amide bonds. The molecule has 17 heavy (non-hydrogen) atoms. The number of halogens is 2. The quantitative estimate of drug-likeness (QED) is 0.805. The number of nitrogens with two attached hydrogens (primary N) is 1. The molecule has 1 aromatic heterocycles. The van der Waals surface area contributed by atoms with Crippen LogP contribution in [0.4, 0.5) is 20.4 Å². The molecule has 4 nitrogen and oxygen atoms in total. The number of hydrogen-bond donors (Lipinski definition) is 1. The molecule has 2 aliphatic rings. The Balaban J connectivity index is 1.91. The van der Waals surface area contributed by atoms with Crippen LogP contribution < -0.4 is 10.6 Å². The molecule has 3 heterocycles. The van der Waals surface area contributed by atoms with Crippen molar-refractivity contribution in [3.8, 4) is 0 Å². The summed E-state index contributed by atoms with van der Waals surface area (Å²) in [6.07, 6.45) is 2.22. The first-order valence-corrected chi connectivity index (χ1v) is 5.65. The van der Waals surface area contributed by atoms with Gasteiger partial charge in [-0.05, 0) is 12.8 Å². The molecule has 0 aromatic carbocycles. The molecule has 2 bridgehead atoms. The third-order valence-electron chi connectivity index (χ3n) is 3.28. The van der Waals surface area contributed by atoms with E-state index in [-0.39, 0.29) is 23.8 Å². The smallest absolute Gasteiger partial charge is 0.168 e. The summed E-state index contributed by atoms with van der Waals surface area (Å²) < 4.78 is 32.3. The van der Waals surface area contributed by atoms with Gasteiger partial charge < -0.3 is 15.4 Å². The maximum atomic E-state index is 13.6. The molecule has 0 aliphatic carbocycles. The Morgan fingerprint density at radius 3 is 2.53 bits per heavy atom. The number of ether oxygens (including phenoxy) is 1. The van der Waals surface area contributed by atoms with Crippen molar-refractivity contribution in [1.82, 2.24) is 4.98 Å². The van der Waals surface area contributed by atoms with Crippen LogP contribution in [-0.4, -0.2) is 30.3 Å². The molecule has 0 saturated carbocycles. The highest BCUT2D eigenvalue weighted by Gasteiger charge is 2.35. The van der Waals surface area contributed by atoms with Gasteiger partial charge in [0.25, 0.3) is 0 Å². The van der Waals surface area contributed by atoms with Gasteiger partial charge in [-0.15, -0.1) is 0 Å². The van der Waals surface area contributed by atoms with Gasteiger partial charge in [-0.3, -0.25) is 0 Å². The first kappa shape index (κ1) is 10.7. The van der Waals surface area contributed by atoms with Gasteiger partial charge >= 0.3 is 0 Å². The number of nitrogen functional groups attached to an aromatic ring is 1. The van der Waals surface area contributed by atoms with E-state index >= 15 is 0 Å². The zero-order chi connectivity index (χ0) is 12.0. The van der Waals surface area contributed by atoms with Crippen LogP contribution in [0, 0.1) is 11.6 Å². The molecule has 2 saturated heterocycles. The molecule has 2 atom stereocenters. The standard InChI is InChI=1S/C11H13F2N3O/c12-8-3-9(13)11(15-10(8)14)16-4-6-1-2-7(5-16)17-6/h3,6-7H,1-2,4-5H2,(H2,14,15). The molecule has 0 radical (unpaired) electrons. The minimum atomic E-state index is -0.817. The first-order chi connectivity index (χ1) is 8.13. The van der Waals surface area contributed by atoms with E-state index in [1.807, 2.05) is 0 Å². The highest BCUT2D eigenvalue weighted by Crippen LogP contribution is 2.30. The minimum absolute atomic E-state index is 0.126. The second kappa shape index (κ2) is 3.80. The lowest BCUT2D eigenvalue weighted by Gasteiger charge is -2.33. The van der Waals surface area contributed by atoms with Crippen molar-refractivity contribution in [3.05, 3.63) is 17.7 Å². The molecule has 1 aromatic rings. The summed E-state index contributed by atoms with van der Waals surface area (Å²) in [4.78, 5) is 5.58. The number of pyridine rings is 1. The van der Waals surface area contributed by atoms with Gasteiger partial charge in [-0.1, -0.05) is 0 Å². The summed E-state index contributed by atoms with van der Waals surface area (Å²) in [5, 5.41) is 0. The lowest BCUT2D eigenvalue weighted by Crippen LogP contribution is -2.43. The van der Waals surface area contributed by atoms with Crippen molar-refractivity contribution < 1.29 is 13.5 Å². The van der Waals surface area contributed by atoms with E-state index in [0.29, 0.717) is 13.1 Å². The fourth-order valence-electron chi connectivity index (χ4n) is 2.48. The van der Waals surface area contributed by atoms with Crippen molar-refractivity contribution in [2.45, 2.75) is 25.0 Å². The first-order valence-electron chi connectivity index (χ1n) is 5.65. The van der Waals surface area contributed by atoms with Crippen LogP contribution in [0.1, 0.15) is 12.8 Å². The number of morpholine rings is 1. The van der Waals surface area contributed by atoms with Crippen LogP contribution in [0.15, 0.2) is 6.07 Å². The number of aromatic nitrogens is 1. The highest BCUT2D eigenvalue weighted by molar-refractivity contribution is 5.47. The zero-order valence-electron chi connectivity index (χ0n) is 9.20. The topological polar surface area (TPSA) is 51.4 Å². The average Bonchev–Trinajstić information content (AvgIpc) is 2.63. The Morgan fingerprint density at radius 2 is 1.88 bits per heavy atom. The molecular weight excluding hydrogens is 228 g/mol. The summed E-state index contributed by atoms with van der Waals surface area (Å²) in [6.45, 7) is 1.18. The van der Waals surface area contributed by atoms with Crippen LogP contribution in [-0.2, 0) is 4.74 Å². The number of nitrogens with zero attached hydrogens (tertiary/aromatic N) is 2. The lowest BCUT2D eigenvalue weighted by molar-refractivity contribution is 0.0300. The molecule has 2 N–H and O–H groups in total. The average molecular weight is 241 g/mol. The van der Waals surface area contributed by atoms with Crippen molar-refractivity contribution in [2.24, 2.45) is 0 Å². The summed E-state index contributed by atoms with van der Waals surface area (Å²) in [7, 11) is 0. The van der Waals surface area contributed by atoms with E-state index in [2.05, 4.69) is 4.98 Å². The Hall–Kier alpha value is -1.43. The second-order valence-corrected chi connectivity index (χ2v) is 4.52. The molecule has 2 aliphatic heterocycles. The van der Waals surface area contributed by atoms with Crippen molar-refractivity contribution in [3.63, 3.8) is 0 Å². The van der Waals surface area contributed by atoms with Gasteiger partial charge in [0.2, 0.25) is 0 Å². The monoisotopic (exact) mass is 241 g/mol. The Bertz CT molecular complexity index is 443. The van der Waals surface area contributed by atoms with Gasteiger partial charge in [0.15, 0.2) is 23.3 Å². The zero-order valence-corrected chi connectivity index (χ0v) is 9.20. The lowest BCUT2D eigenvalue weighted by atomic mass is 10.2. The number of hydrogen-bond acceptors (Lipinski definition) is 4. The largest absolute Gasteiger partial charge is 0.381 e. The third kappa shape index (κ3) is 1.82. The number of anilines is 2. The maximum absolute atomic E-state index is 13.6.